The fourth-order valence-corrected chi connectivity index (χ4v) is 4.66. The van der Waals surface area contributed by atoms with Crippen LogP contribution in [-0.4, -0.2) is 15.5 Å². The van der Waals surface area contributed by atoms with Gasteiger partial charge in [0.1, 0.15) is 5.82 Å². The van der Waals surface area contributed by atoms with E-state index < -0.39 is 0 Å². The Morgan fingerprint density at radius 2 is 1.90 bits per heavy atom. The molecule has 4 aromatic rings. The van der Waals surface area contributed by atoms with Gasteiger partial charge in [-0.05, 0) is 66.3 Å². The van der Waals surface area contributed by atoms with Crippen LogP contribution in [0.15, 0.2) is 73.1 Å². The van der Waals surface area contributed by atoms with Gasteiger partial charge >= 0.3 is 0 Å². The van der Waals surface area contributed by atoms with E-state index in [1.54, 1.807) is 6.07 Å². The highest BCUT2D eigenvalue weighted by Crippen LogP contribution is 2.35. The van der Waals surface area contributed by atoms with Crippen LogP contribution in [0.3, 0.4) is 0 Å². The molecule has 1 aliphatic carbocycles. The smallest absolute Gasteiger partial charge is 0.223 e. The van der Waals surface area contributed by atoms with Crippen molar-refractivity contribution < 1.29 is 9.18 Å². The van der Waals surface area contributed by atoms with Gasteiger partial charge in [-0.15, -0.1) is 0 Å². The summed E-state index contributed by atoms with van der Waals surface area (Å²) in [5.74, 6) is -0.307. The van der Waals surface area contributed by atoms with Crippen LogP contribution >= 0.6 is 0 Å². The molecule has 1 N–H and O–H groups in total. The predicted molar refractivity (Wildman–Crippen MR) is 119 cm³/mol. The Kier molecular flexibility index (Phi) is 5.24. The van der Waals surface area contributed by atoms with E-state index in [2.05, 4.69) is 39.1 Å². The zero-order valence-electron chi connectivity index (χ0n) is 17.2. The first-order valence-corrected chi connectivity index (χ1v) is 10.7. The Morgan fingerprint density at radius 1 is 1.06 bits per heavy atom. The van der Waals surface area contributed by atoms with Crippen LogP contribution in [0, 0.1) is 11.7 Å². The van der Waals surface area contributed by atoms with E-state index in [9.17, 15) is 9.18 Å². The SMILES string of the molecule is O=C(NCc1cccc(F)c1)C1CCc2c(c3ccccc3n2Cc2ccncc2)C1. The largest absolute Gasteiger partial charge is 0.352 e. The van der Waals surface area contributed by atoms with E-state index in [1.165, 1.54) is 39.9 Å². The van der Waals surface area contributed by atoms with Gasteiger partial charge in [0.25, 0.3) is 0 Å². The fraction of sp³-hybridized carbons (Fsp3) is 0.231. The number of fused-ring (bicyclic) bond motifs is 3. The Balaban J connectivity index is 1.38. The molecule has 1 aliphatic rings. The summed E-state index contributed by atoms with van der Waals surface area (Å²) in [4.78, 5) is 17.0. The Morgan fingerprint density at radius 3 is 2.74 bits per heavy atom. The lowest BCUT2D eigenvalue weighted by Crippen LogP contribution is -2.34. The Bertz CT molecular complexity index is 1230. The van der Waals surface area contributed by atoms with Gasteiger partial charge in [-0.1, -0.05) is 30.3 Å². The van der Waals surface area contributed by atoms with Gasteiger partial charge in [-0.25, -0.2) is 4.39 Å². The summed E-state index contributed by atoms with van der Waals surface area (Å²) in [6, 6.07) is 18.9. The van der Waals surface area contributed by atoms with E-state index in [-0.39, 0.29) is 17.6 Å². The maximum absolute atomic E-state index is 13.4. The summed E-state index contributed by atoms with van der Waals surface area (Å²) in [5.41, 5.74) is 5.81. The number of carbonyl (C=O) groups is 1. The second kappa shape index (κ2) is 8.34. The van der Waals surface area contributed by atoms with Crippen molar-refractivity contribution in [1.82, 2.24) is 14.9 Å². The number of halogens is 1. The molecule has 0 saturated heterocycles. The quantitative estimate of drug-likeness (QED) is 0.518. The molecule has 0 bridgehead atoms. The van der Waals surface area contributed by atoms with Crippen LogP contribution in [0.2, 0.25) is 0 Å². The van der Waals surface area contributed by atoms with Gasteiger partial charge in [0.05, 0.1) is 0 Å². The molecule has 5 heteroatoms. The minimum Gasteiger partial charge on any atom is -0.352 e. The summed E-state index contributed by atoms with van der Waals surface area (Å²) in [5, 5.41) is 4.23. The zero-order valence-corrected chi connectivity index (χ0v) is 17.2. The van der Waals surface area contributed by atoms with E-state index in [4.69, 9.17) is 0 Å². The van der Waals surface area contributed by atoms with Gasteiger partial charge in [0.15, 0.2) is 0 Å². The molecule has 156 valence electrons. The number of nitrogens with one attached hydrogen (secondary N) is 1. The molecule has 0 spiro atoms. The Labute approximate surface area is 180 Å². The minimum absolute atomic E-state index is 0.0425. The third-order valence-electron chi connectivity index (χ3n) is 6.19. The van der Waals surface area contributed by atoms with E-state index in [1.807, 2.05) is 30.6 Å². The molecule has 0 aliphatic heterocycles. The van der Waals surface area contributed by atoms with Crippen LogP contribution in [-0.2, 0) is 30.7 Å². The zero-order chi connectivity index (χ0) is 21.2. The highest BCUT2D eigenvalue weighted by molar-refractivity contribution is 5.87. The van der Waals surface area contributed by atoms with Crippen molar-refractivity contribution >= 4 is 16.8 Å². The topological polar surface area (TPSA) is 46.9 Å². The summed E-state index contributed by atoms with van der Waals surface area (Å²) in [6.45, 7) is 1.15. The minimum atomic E-state index is -0.281. The molecule has 1 amide bonds. The number of aromatic nitrogens is 2. The number of hydrogen-bond donors (Lipinski definition) is 1. The van der Waals surface area contributed by atoms with Crippen molar-refractivity contribution in [2.75, 3.05) is 0 Å². The molecule has 5 rings (SSSR count). The number of hydrogen-bond acceptors (Lipinski definition) is 2. The number of rotatable bonds is 5. The van der Waals surface area contributed by atoms with E-state index >= 15 is 0 Å². The molecular weight excluding hydrogens is 389 g/mol. The summed E-state index contributed by atoms with van der Waals surface area (Å²) < 4.78 is 15.8. The van der Waals surface area contributed by atoms with Crippen molar-refractivity contribution in [2.45, 2.75) is 32.4 Å². The van der Waals surface area contributed by atoms with E-state index in [0.717, 1.165) is 31.4 Å². The maximum atomic E-state index is 13.4. The fourth-order valence-electron chi connectivity index (χ4n) is 4.66. The monoisotopic (exact) mass is 413 g/mol. The normalized spacial score (nSPS) is 15.6. The standard InChI is InChI=1S/C26H24FN3O/c27-21-5-3-4-19(14-21)16-29-26(31)20-8-9-25-23(15-20)22-6-1-2-7-24(22)30(25)17-18-10-12-28-13-11-18/h1-7,10-14,20H,8-9,15-17H2,(H,29,31). The number of nitrogens with zero attached hydrogens (tertiary/aromatic N) is 2. The number of pyridine rings is 1. The van der Waals surface area contributed by atoms with Crippen molar-refractivity contribution in [2.24, 2.45) is 5.92 Å². The van der Waals surface area contributed by atoms with Gasteiger partial charge in [0.2, 0.25) is 5.91 Å². The summed E-state index contributed by atoms with van der Waals surface area (Å²) in [6.07, 6.45) is 6.06. The number of para-hydroxylation sites is 1. The first-order chi connectivity index (χ1) is 15.2. The lowest BCUT2D eigenvalue weighted by atomic mass is 9.85. The predicted octanol–water partition coefficient (Wildman–Crippen LogP) is 4.65. The highest BCUT2D eigenvalue weighted by Gasteiger charge is 2.29. The highest BCUT2D eigenvalue weighted by atomic mass is 19.1. The molecule has 2 heterocycles. The second-order valence-corrected chi connectivity index (χ2v) is 8.17. The maximum Gasteiger partial charge on any atom is 0.223 e. The van der Waals surface area contributed by atoms with Crippen LogP contribution in [0.25, 0.3) is 10.9 Å². The van der Waals surface area contributed by atoms with Crippen LogP contribution in [0.5, 0.6) is 0 Å². The molecule has 2 aromatic carbocycles. The van der Waals surface area contributed by atoms with Gasteiger partial charge in [0, 0.05) is 48.0 Å². The van der Waals surface area contributed by atoms with Crippen molar-refractivity contribution in [3.8, 4) is 0 Å². The number of benzene rings is 2. The number of carbonyl (C=O) groups excluding carboxylic acids is 1. The molecule has 0 saturated carbocycles. The van der Waals surface area contributed by atoms with Crippen LogP contribution in [0.4, 0.5) is 4.39 Å². The van der Waals surface area contributed by atoms with Crippen LogP contribution < -0.4 is 5.32 Å². The first kappa shape index (κ1) is 19.5. The van der Waals surface area contributed by atoms with Crippen LogP contribution in [0.1, 0.15) is 28.8 Å². The van der Waals surface area contributed by atoms with Crippen molar-refractivity contribution in [3.63, 3.8) is 0 Å². The first-order valence-electron chi connectivity index (χ1n) is 10.7. The molecule has 31 heavy (non-hydrogen) atoms. The second-order valence-electron chi connectivity index (χ2n) is 8.17. The van der Waals surface area contributed by atoms with Gasteiger partial charge in [-0.3, -0.25) is 9.78 Å². The molecule has 0 radical (unpaired) electrons. The van der Waals surface area contributed by atoms with Gasteiger partial charge < -0.3 is 9.88 Å². The molecule has 4 nitrogen and oxygen atoms in total. The third-order valence-corrected chi connectivity index (χ3v) is 6.19. The molecule has 1 atom stereocenters. The lowest BCUT2D eigenvalue weighted by Gasteiger charge is -2.23. The lowest BCUT2D eigenvalue weighted by molar-refractivity contribution is -0.125. The third kappa shape index (κ3) is 3.96. The van der Waals surface area contributed by atoms with E-state index in [0.29, 0.717) is 6.54 Å². The van der Waals surface area contributed by atoms with Crippen molar-refractivity contribution in [3.05, 3.63) is 101 Å². The summed E-state index contributed by atoms with van der Waals surface area (Å²) >= 11 is 0. The number of amides is 1. The average Bonchev–Trinajstić information content (AvgIpc) is 3.11. The molecule has 0 fully saturated rings. The summed E-state index contributed by atoms with van der Waals surface area (Å²) in [7, 11) is 0. The molecular formula is C26H24FN3O. The average molecular weight is 413 g/mol. The Hall–Kier alpha value is -3.47. The van der Waals surface area contributed by atoms with Crippen molar-refractivity contribution in [1.29, 1.82) is 0 Å². The molecule has 2 aromatic heterocycles. The molecule has 1 unspecified atom stereocenters. The van der Waals surface area contributed by atoms with Gasteiger partial charge in [-0.2, -0.15) is 0 Å².